The lowest BCUT2D eigenvalue weighted by molar-refractivity contribution is -0.00667. The summed E-state index contributed by atoms with van der Waals surface area (Å²) in [4.78, 5) is 12.6. The molecule has 4 unspecified atom stereocenters. The highest BCUT2D eigenvalue weighted by Crippen LogP contribution is 2.50. The molecule has 2 fully saturated rings. The minimum absolute atomic E-state index is 0.0384. The molecule has 4 atom stereocenters. The van der Waals surface area contributed by atoms with E-state index in [1.165, 1.54) is 0 Å². The average molecular weight is 282 g/mol. The van der Waals surface area contributed by atoms with Gasteiger partial charge >= 0.3 is 0 Å². The molecular weight excluding hydrogens is 270 g/mol. The Balaban J connectivity index is 1.77. The molecule has 1 saturated carbocycles. The van der Waals surface area contributed by atoms with Gasteiger partial charge in [-0.15, -0.1) is 0 Å². The Morgan fingerprint density at radius 2 is 2.37 bits per heavy atom. The zero-order valence-electron chi connectivity index (χ0n) is 10.1. The number of aliphatic hydroxyl groups is 1. The molecule has 0 bridgehead atoms. The standard InChI is InChI=1S/C11H12ClN5O2/c1-13-9-6-10(16-11(12)15-9)17(3-14-6)5-2-4-7(18)8(4)19-5/h3-5,7-8,18H,2H2,1H3,(H,13,15,16). The summed E-state index contributed by atoms with van der Waals surface area (Å²) in [5, 5.41) is 12.6. The molecule has 1 aliphatic carbocycles. The van der Waals surface area contributed by atoms with Gasteiger partial charge in [0, 0.05) is 19.4 Å². The molecule has 2 aliphatic rings. The molecule has 4 rings (SSSR count). The van der Waals surface area contributed by atoms with E-state index in [0.29, 0.717) is 17.0 Å². The van der Waals surface area contributed by atoms with E-state index in [2.05, 4.69) is 20.3 Å². The third kappa shape index (κ3) is 1.55. The third-order valence-electron chi connectivity index (χ3n) is 3.79. The summed E-state index contributed by atoms with van der Waals surface area (Å²) in [6.07, 6.45) is 1.96. The van der Waals surface area contributed by atoms with Crippen LogP contribution in [0.1, 0.15) is 12.6 Å². The van der Waals surface area contributed by atoms with Crippen LogP contribution in [0.25, 0.3) is 11.2 Å². The van der Waals surface area contributed by atoms with Gasteiger partial charge in [-0.2, -0.15) is 9.97 Å². The maximum absolute atomic E-state index is 9.49. The Morgan fingerprint density at radius 1 is 1.53 bits per heavy atom. The number of anilines is 1. The topological polar surface area (TPSA) is 85.1 Å². The van der Waals surface area contributed by atoms with Gasteiger partial charge in [-0.25, -0.2) is 4.98 Å². The van der Waals surface area contributed by atoms with Gasteiger partial charge in [0.2, 0.25) is 5.28 Å². The van der Waals surface area contributed by atoms with Gasteiger partial charge in [0.1, 0.15) is 6.23 Å². The van der Waals surface area contributed by atoms with Crippen LogP contribution in [-0.2, 0) is 4.74 Å². The Kier molecular flexibility index (Phi) is 2.27. The first kappa shape index (κ1) is 11.4. The lowest BCUT2D eigenvalue weighted by Crippen LogP contribution is -2.13. The Hall–Kier alpha value is -1.44. The molecule has 100 valence electrons. The highest BCUT2D eigenvalue weighted by Gasteiger charge is 2.58. The molecule has 1 saturated heterocycles. The minimum atomic E-state index is -0.308. The molecule has 0 amide bonds. The second kappa shape index (κ2) is 3.78. The van der Waals surface area contributed by atoms with Gasteiger partial charge < -0.3 is 15.2 Å². The van der Waals surface area contributed by atoms with Crippen LogP contribution >= 0.6 is 11.6 Å². The van der Waals surface area contributed by atoms with E-state index in [9.17, 15) is 5.11 Å². The van der Waals surface area contributed by atoms with Crippen LogP contribution in [0, 0.1) is 5.92 Å². The fourth-order valence-electron chi connectivity index (χ4n) is 2.70. The van der Waals surface area contributed by atoms with Crippen LogP contribution in [0.3, 0.4) is 0 Å². The number of ether oxygens (including phenoxy) is 1. The molecule has 3 heterocycles. The summed E-state index contributed by atoms with van der Waals surface area (Å²) in [5.74, 6) is 0.834. The Labute approximate surface area is 113 Å². The minimum Gasteiger partial charge on any atom is -0.390 e. The van der Waals surface area contributed by atoms with Crippen LogP contribution in [0.5, 0.6) is 0 Å². The fourth-order valence-corrected chi connectivity index (χ4v) is 2.87. The van der Waals surface area contributed by atoms with Crippen molar-refractivity contribution < 1.29 is 9.84 Å². The molecule has 19 heavy (non-hydrogen) atoms. The molecule has 0 spiro atoms. The summed E-state index contributed by atoms with van der Waals surface area (Å²) in [5.41, 5.74) is 1.31. The zero-order chi connectivity index (χ0) is 13.1. The number of hydrogen-bond donors (Lipinski definition) is 2. The van der Waals surface area contributed by atoms with E-state index in [-0.39, 0.29) is 29.6 Å². The molecule has 7 nitrogen and oxygen atoms in total. The van der Waals surface area contributed by atoms with E-state index >= 15 is 0 Å². The molecule has 0 radical (unpaired) electrons. The summed E-state index contributed by atoms with van der Waals surface area (Å²) in [6, 6.07) is 0. The normalized spacial score (nSPS) is 32.6. The van der Waals surface area contributed by atoms with Crippen LogP contribution in [0.15, 0.2) is 6.33 Å². The quantitative estimate of drug-likeness (QED) is 0.792. The number of nitrogens with one attached hydrogen (secondary N) is 1. The first-order chi connectivity index (χ1) is 9.19. The van der Waals surface area contributed by atoms with E-state index in [0.717, 1.165) is 6.42 Å². The summed E-state index contributed by atoms with van der Waals surface area (Å²) in [6.45, 7) is 0. The maximum Gasteiger partial charge on any atom is 0.226 e. The van der Waals surface area contributed by atoms with Gasteiger partial charge in [-0.05, 0) is 11.6 Å². The van der Waals surface area contributed by atoms with Crippen LogP contribution in [-0.4, -0.2) is 43.9 Å². The van der Waals surface area contributed by atoms with Crippen molar-refractivity contribution >= 4 is 28.6 Å². The number of halogens is 1. The number of nitrogens with zero attached hydrogens (tertiary/aromatic N) is 4. The van der Waals surface area contributed by atoms with Crippen LogP contribution < -0.4 is 5.32 Å². The van der Waals surface area contributed by atoms with Crippen LogP contribution in [0.4, 0.5) is 5.82 Å². The third-order valence-corrected chi connectivity index (χ3v) is 3.95. The molecule has 8 heteroatoms. The second-order valence-corrected chi connectivity index (χ2v) is 5.20. The lowest BCUT2D eigenvalue weighted by Gasteiger charge is -2.15. The Morgan fingerprint density at radius 3 is 3.05 bits per heavy atom. The van der Waals surface area contributed by atoms with Gasteiger partial charge in [-0.1, -0.05) is 0 Å². The molecule has 2 aromatic heterocycles. The number of aliphatic hydroxyl groups excluding tert-OH is 1. The van der Waals surface area contributed by atoms with Crippen molar-refractivity contribution in [3.63, 3.8) is 0 Å². The van der Waals surface area contributed by atoms with E-state index in [4.69, 9.17) is 16.3 Å². The SMILES string of the molecule is CNc1nc(Cl)nc2c1ncn2C1CC2C(O)C2O1. The molecule has 2 aromatic rings. The molecule has 2 N–H and O–H groups in total. The van der Waals surface area contributed by atoms with E-state index in [1.807, 2.05) is 4.57 Å². The smallest absolute Gasteiger partial charge is 0.226 e. The highest BCUT2D eigenvalue weighted by atomic mass is 35.5. The largest absolute Gasteiger partial charge is 0.390 e. The van der Waals surface area contributed by atoms with Gasteiger partial charge in [-0.3, -0.25) is 4.57 Å². The van der Waals surface area contributed by atoms with Gasteiger partial charge in [0.05, 0.1) is 18.5 Å². The first-order valence-corrected chi connectivity index (χ1v) is 6.48. The first-order valence-electron chi connectivity index (χ1n) is 6.10. The van der Waals surface area contributed by atoms with Crippen molar-refractivity contribution in [2.75, 3.05) is 12.4 Å². The number of rotatable bonds is 2. The van der Waals surface area contributed by atoms with Crippen molar-refractivity contribution in [2.24, 2.45) is 5.92 Å². The Bertz CT molecular complexity index is 648. The maximum atomic E-state index is 9.49. The van der Waals surface area contributed by atoms with Crippen molar-refractivity contribution in [3.05, 3.63) is 11.6 Å². The average Bonchev–Trinajstić information content (AvgIpc) is 2.83. The van der Waals surface area contributed by atoms with Crippen LogP contribution in [0.2, 0.25) is 5.28 Å². The number of fused-ring (bicyclic) bond motifs is 2. The second-order valence-electron chi connectivity index (χ2n) is 4.86. The van der Waals surface area contributed by atoms with Gasteiger partial charge in [0.25, 0.3) is 0 Å². The van der Waals surface area contributed by atoms with E-state index in [1.54, 1.807) is 13.4 Å². The van der Waals surface area contributed by atoms with Crippen molar-refractivity contribution in [1.82, 2.24) is 19.5 Å². The molecule has 1 aliphatic heterocycles. The highest BCUT2D eigenvalue weighted by molar-refractivity contribution is 6.28. The number of hydrogen-bond acceptors (Lipinski definition) is 6. The van der Waals surface area contributed by atoms with Crippen molar-refractivity contribution in [1.29, 1.82) is 0 Å². The molecule has 0 aromatic carbocycles. The number of imidazole rings is 1. The monoisotopic (exact) mass is 281 g/mol. The summed E-state index contributed by atoms with van der Waals surface area (Å²) < 4.78 is 7.61. The number of aromatic nitrogens is 4. The van der Waals surface area contributed by atoms with E-state index < -0.39 is 0 Å². The van der Waals surface area contributed by atoms with Crippen molar-refractivity contribution in [2.45, 2.75) is 24.9 Å². The lowest BCUT2D eigenvalue weighted by atomic mass is 10.3. The van der Waals surface area contributed by atoms with Crippen molar-refractivity contribution in [3.8, 4) is 0 Å². The predicted octanol–water partition coefficient (Wildman–Crippen LogP) is 0.800. The predicted molar refractivity (Wildman–Crippen MR) is 67.9 cm³/mol. The summed E-state index contributed by atoms with van der Waals surface area (Å²) in [7, 11) is 1.76. The fraction of sp³-hybridized carbons (Fsp3) is 0.545. The zero-order valence-corrected chi connectivity index (χ0v) is 10.9. The summed E-state index contributed by atoms with van der Waals surface area (Å²) >= 11 is 5.91. The molecular formula is C11H12ClN5O2. The van der Waals surface area contributed by atoms with Gasteiger partial charge in [0.15, 0.2) is 17.0 Å².